The van der Waals surface area contributed by atoms with Crippen LogP contribution in [-0.2, 0) is 53.4 Å². The van der Waals surface area contributed by atoms with Crippen molar-refractivity contribution in [3.63, 3.8) is 0 Å². The van der Waals surface area contributed by atoms with E-state index in [0.717, 1.165) is 41.4 Å². The first-order chi connectivity index (χ1) is 36.4. The van der Waals surface area contributed by atoms with Gasteiger partial charge in [-0.1, -0.05) is 163 Å². The third kappa shape index (κ3) is 13.1. The van der Waals surface area contributed by atoms with Crippen molar-refractivity contribution >= 4 is 43.7 Å². The van der Waals surface area contributed by atoms with Crippen LogP contribution < -0.4 is 15.1 Å². The van der Waals surface area contributed by atoms with Gasteiger partial charge in [-0.3, -0.25) is 4.79 Å². The molecule has 402 valence electrons. The molecule has 0 spiro atoms. The highest BCUT2D eigenvalue weighted by molar-refractivity contribution is 6.99. The maximum atomic E-state index is 14.8. The van der Waals surface area contributed by atoms with Crippen LogP contribution >= 0.6 is 0 Å². The standard InChI is InChI=1S/C62H80O11Si2/c1-8-74(9-2,10-3)73-58-40-55-56(39-49(34-36-65-55)66-42-44-28-29-45-20-17-18-21-47(45)38-44)70-57(58)41-60(63)71-52-26-19-27-53-59(43-67-61(72-53)46-30-32-48(64-7)33-31-46)69-54(52)35-37-68-75(62(4,5)6,50-22-13-11-14-23-50)51-24-15-12-16-25-51/h11-25,27-33,38,49,52-59,61H,8-10,26,34-37,39-43H2,1-7H3/b27-19-/t49-,52+,53-,54-,55+,56-,57+,58-,59+,61+/m0/s1. The van der Waals surface area contributed by atoms with E-state index in [1.54, 1.807) is 7.11 Å². The first-order valence-electron chi connectivity index (χ1n) is 27.6. The zero-order valence-corrected chi connectivity index (χ0v) is 47.2. The van der Waals surface area contributed by atoms with Crippen LogP contribution in [0.1, 0.15) is 97.5 Å². The van der Waals surface area contributed by atoms with Gasteiger partial charge in [0, 0.05) is 38.0 Å². The molecule has 4 aliphatic rings. The lowest BCUT2D eigenvalue weighted by molar-refractivity contribution is -0.268. The summed E-state index contributed by atoms with van der Waals surface area (Å²) < 4.78 is 67.1. The van der Waals surface area contributed by atoms with Gasteiger partial charge in [-0.2, -0.15) is 0 Å². The van der Waals surface area contributed by atoms with E-state index in [4.69, 9.17) is 46.7 Å². The number of hydrogen-bond donors (Lipinski definition) is 0. The zero-order chi connectivity index (χ0) is 52.4. The van der Waals surface area contributed by atoms with Crippen LogP contribution in [0.5, 0.6) is 5.75 Å². The smallest absolute Gasteiger partial charge is 0.308 e. The molecule has 0 amide bonds. The summed E-state index contributed by atoms with van der Waals surface area (Å²) in [7, 11) is -3.39. The van der Waals surface area contributed by atoms with Gasteiger partial charge in [0.1, 0.15) is 24.1 Å². The Bertz CT molecular complexity index is 2560. The van der Waals surface area contributed by atoms with E-state index in [-0.39, 0.29) is 48.5 Å². The Labute approximate surface area is 447 Å². The molecule has 4 heterocycles. The van der Waals surface area contributed by atoms with E-state index in [1.165, 1.54) is 21.1 Å². The first kappa shape index (κ1) is 55.2. The highest BCUT2D eigenvalue weighted by Crippen LogP contribution is 2.40. The van der Waals surface area contributed by atoms with Crippen LogP contribution in [-0.4, -0.2) is 104 Å². The van der Waals surface area contributed by atoms with E-state index >= 15 is 0 Å². The number of carbonyl (C=O) groups excluding carboxylic acids is 1. The number of benzene rings is 5. The average molecular weight is 1060 g/mol. The Balaban J connectivity index is 0.950. The number of rotatable bonds is 19. The molecule has 11 nitrogen and oxygen atoms in total. The summed E-state index contributed by atoms with van der Waals surface area (Å²) in [6.07, 6.45) is 3.12. The van der Waals surface area contributed by atoms with Crippen LogP contribution in [0.25, 0.3) is 10.8 Å². The summed E-state index contributed by atoms with van der Waals surface area (Å²) in [5, 5.41) is 4.57. The molecule has 0 aliphatic carbocycles. The van der Waals surface area contributed by atoms with Gasteiger partial charge in [-0.25, -0.2) is 0 Å². The monoisotopic (exact) mass is 1060 g/mol. The molecule has 0 aromatic heterocycles. The van der Waals surface area contributed by atoms with E-state index in [0.29, 0.717) is 45.5 Å². The fourth-order valence-corrected chi connectivity index (χ4v) is 19.3. The van der Waals surface area contributed by atoms with Crippen LogP contribution in [0, 0.1) is 0 Å². The molecular formula is C62H80O11Si2. The van der Waals surface area contributed by atoms with Crippen molar-refractivity contribution in [3.8, 4) is 5.75 Å². The number of fused-ring (bicyclic) bond motifs is 3. The van der Waals surface area contributed by atoms with Gasteiger partial charge >= 0.3 is 5.97 Å². The van der Waals surface area contributed by atoms with Gasteiger partial charge in [-0.15, -0.1) is 0 Å². The lowest BCUT2D eigenvalue weighted by Gasteiger charge is -2.44. The van der Waals surface area contributed by atoms with Crippen molar-refractivity contribution in [1.29, 1.82) is 0 Å². The predicted octanol–water partition coefficient (Wildman–Crippen LogP) is 11.6. The number of esters is 1. The molecule has 10 atom stereocenters. The molecule has 4 aliphatic heterocycles. The molecule has 0 unspecified atom stereocenters. The third-order valence-electron chi connectivity index (χ3n) is 16.2. The van der Waals surface area contributed by atoms with E-state index in [9.17, 15) is 4.79 Å². The Morgan fingerprint density at radius 1 is 0.707 bits per heavy atom. The lowest BCUT2D eigenvalue weighted by atomic mass is 9.93. The average Bonchev–Trinajstić information content (AvgIpc) is 3.65. The normalized spacial score (nSPS) is 27.0. The van der Waals surface area contributed by atoms with Gasteiger partial charge < -0.3 is 46.7 Å². The van der Waals surface area contributed by atoms with Crippen molar-refractivity contribution in [2.24, 2.45) is 0 Å². The zero-order valence-electron chi connectivity index (χ0n) is 45.2. The second kappa shape index (κ2) is 25.3. The van der Waals surface area contributed by atoms with E-state index in [2.05, 4.69) is 151 Å². The van der Waals surface area contributed by atoms with Crippen LogP contribution in [0.2, 0.25) is 23.2 Å². The molecule has 5 aromatic rings. The van der Waals surface area contributed by atoms with Crippen LogP contribution in [0.15, 0.2) is 140 Å². The van der Waals surface area contributed by atoms with Gasteiger partial charge in [-0.05, 0) is 80.9 Å². The summed E-state index contributed by atoms with van der Waals surface area (Å²) >= 11 is 0. The second-order valence-corrected chi connectivity index (χ2v) is 30.9. The summed E-state index contributed by atoms with van der Waals surface area (Å²) in [5.41, 5.74) is 2.02. The minimum absolute atomic E-state index is 0.0332. The van der Waals surface area contributed by atoms with Crippen molar-refractivity contribution < 1.29 is 51.5 Å². The predicted molar refractivity (Wildman–Crippen MR) is 299 cm³/mol. The fourth-order valence-electron chi connectivity index (χ4n) is 11.8. The molecule has 3 saturated heterocycles. The van der Waals surface area contributed by atoms with E-state index < -0.39 is 53.4 Å². The van der Waals surface area contributed by atoms with E-state index in [1.807, 2.05) is 30.3 Å². The number of methoxy groups -OCH3 is 1. The fraction of sp³-hybridized carbons (Fsp3) is 0.500. The molecule has 3 fully saturated rings. The quantitative estimate of drug-likeness (QED) is 0.0448. The Kier molecular flexibility index (Phi) is 18.6. The largest absolute Gasteiger partial charge is 0.497 e. The topological polar surface area (TPSA) is 109 Å². The third-order valence-corrected chi connectivity index (χ3v) is 25.9. The van der Waals surface area contributed by atoms with Crippen molar-refractivity contribution in [2.45, 2.75) is 171 Å². The molecule has 5 aromatic carbocycles. The van der Waals surface area contributed by atoms with Crippen molar-refractivity contribution in [2.75, 3.05) is 26.9 Å². The minimum atomic E-state index is -2.90. The van der Waals surface area contributed by atoms with Crippen molar-refractivity contribution in [3.05, 3.63) is 151 Å². The first-order valence-corrected chi connectivity index (χ1v) is 32.1. The van der Waals surface area contributed by atoms with Crippen LogP contribution in [0.3, 0.4) is 0 Å². The van der Waals surface area contributed by atoms with Gasteiger partial charge in [0.25, 0.3) is 8.32 Å². The number of ether oxygens (including phenoxy) is 8. The molecule has 0 saturated carbocycles. The van der Waals surface area contributed by atoms with Crippen LogP contribution in [0.4, 0.5) is 0 Å². The summed E-state index contributed by atoms with van der Waals surface area (Å²) in [6.45, 7) is 15.3. The SMILES string of the molecule is CC[Si](CC)(CC)O[C@H]1C[C@H]2OCC[C@H](OCc3ccc4ccccc4c3)C[C@@H]2O[C@@H]1CC(=O)O[C@@H]1C/C=C\[C@@H]2O[C@H](c3ccc(OC)cc3)OC[C@H]2O[C@H]1CCO[Si](c1ccccc1)(c1ccccc1)C(C)(C)C. The Hall–Kier alpha value is -4.52. The molecule has 13 heteroatoms. The molecule has 9 rings (SSSR count). The Morgan fingerprint density at radius 3 is 2.07 bits per heavy atom. The summed E-state index contributed by atoms with van der Waals surface area (Å²) in [5.74, 6) is 0.408. The highest BCUT2D eigenvalue weighted by atomic mass is 28.4. The van der Waals surface area contributed by atoms with Crippen molar-refractivity contribution in [1.82, 2.24) is 0 Å². The Morgan fingerprint density at radius 2 is 1.39 bits per heavy atom. The summed E-state index contributed by atoms with van der Waals surface area (Å²) in [4.78, 5) is 14.8. The van der Waals surface area contributed by atoms with Gasteiger partial charge in [0.2, 0.25) is 0 Å². The summed E-state index contributed by atoms with van der Waals surface area (Å²) in [6, 6.07) is 46.9. The maximum Gasteiger partial charge on any atom is 0.308 e. The molecule has 75 heavy (non-hydrogen) atoms. The molecule has 0 bridgehead atoms. The minimum Gasteiger partial charge on any atom is -0.497 e. The number of carbonyl (C=O) groups is 1. The molecule has 0 radical (unpaired) electrons. The van der Waals surface area contributed by atoms with Gasteiger partial charge in [0.05, 0.1) is 63.4 Å². The number of hydrogen-bond acceptors (Lipinski definition) is 11. The maximum absolute atomic E-state index is 14.8. The highest BCUT2D eigenvalue weighted by Gasteiger charge is 2.51. The lowest BCUT2D eigenvalue weighted by Crippen LogP contribution is -2.66. The second-order valence-electron chi connectivity index (χ2n) is 21.8. The van der Waals surface area contributed by atoms with Gasteiger partial charge in [0.15, 0.2) is 14.6 Å². The molecular weight excluding hydrogens is 977 g/mol. The molecule has 0 N–H and O–H groups in total.